The minimum Gasteiger partial charge on any atom is -0.497 e. The summed E-state index contributed by atoms with van der Waals surface area (Å²) in [6.45, 7) is 4.49. The van der Waals surface area contributed by atoms with E-state index in [2.05, 4.69) is 16.0 Å². The van der Waals surface area contributed by atoms with E-state index in [0.717, 1.165) is 24.1 Å². The number of benzene rings is 5. The molecule has 3 atom stereocenters. The first kappa shape index (κ1) is 63.5. The number of nitrogens with one attached hydrogen (secondary N) is 3. The fourth-order valence-electron chi connectivity index (χ4n) is 8.69. The molecule has 0 bridgehead atoms. The van der Waals surface area contributed by atoms with Gasteiger partial charge in [0.05, 0.1) is 69.3 Å². The minimum absolute atomic E-state index is 0.0826. The van der Waals surface area contributed by atoms with Crippen molar-refractivity contribution in [1.82, 2.24) is 20.0 Å². The van der Waals surface area contributed by atoms with Gasteiger partial charge in [-0.3, -0.25) is 39.2 Å². The van der Waals surface area contributed by atoms with Gasteiger partial charge < -0.3 is 59.3 Å². The number of nitrogens with zero attached hydrogens (tertiary/aromatic N) is 5. The normalized spacial score (nSPS) is 16.0. The Morgan fingerprint density at radius 1 is 0.798 bits per heavy atom. The van der Waals surface area contributed by atoms with Gasteiger partial charge in [0.25, 0.3) is 11.6 Å². The minimum atomic E-state index is -5.08. The first-order chi connectivity index (χ1) is 40.0. The van der Waals surface area contributed by atoms with Crippen molar-refractivity contribution < 1.29 is 75.6 Å². The fourth-order valence-corrected chi connectivity index (χ4v) is 8.95. The number of nitro benzene ring substituents is 1. The molecule has 0 saturated carbocycles. The molecule has 2 aliphatic heterocycles. The second-order valence-corrected chi connectivity index (χ2v) is 20.4. The quantitative estimate of drug-likeness (QED) is 0.0232. The number of alkyl halides is 3. The summed E-state index contributed by atoms with van der Waals surface area (Å²) in [6, 6.07) is 25.6. The second-order valence-electron chi connectivity index (χ2n) is 19.6. The van der Waals surface area contributed by atoms with Crippen LogP contribution in [0.15, 0.2) is 114 Å². The van der Waals surface area contributed by atoms with E-state index in [9.17, 15) is 47.6 Å². The van der Waals surface area contributed by atoms with E-state index in [1.54, 1.807) is 54.5 Å². The molecule has 0 spiro atoms. The topological polar surface area (TPSA) is 262 Å². The van der Waals surface area contributed by atoms with Crippen LogP contribution >= 0.6 is 23.2 Å². The Balaban J connectivity index is 0.792. The maximum absolute atomic E-state index is 15.0. The van der Waals surface area contributed by atoms with E-state index in [1.165, 1.54) is 34.1 Å². The largest absolute Gasteiger partial charge is 0.497 e. The third-order valence-electron chi connectivity index (χ3n) is 12.9. The molecular weight excluding hydrogens is 1150 g/mol. The predicted molar refractivity (Wildman–Crippen MR) is 302 cm³/mol. The molecule has 1 fully saturated rings. The number of aliphatic imine (C=N–C) groups is 1. The highest BCUT2D eigenvalue weighted by molar-refractivity contribution is 6.30. The van der Waals surface area contributed by atoms with Gasteiger partial charge in [0.2, 0.25) is 17.7 Å². The van der Waals surface area contributed by atoms with Crippen LogP contribution in [0.1, 0.15) is 55.1 Å². The molecule has 0 radical (unpaired) electrons. The van der Waals surface area contributed by atoms with E-state index >= 15 is 4.79 Å². The highest BCUT2D eigenvalue weighted by atomic mass is 35.5. The molecule has 4 N–H and O–H groups in total. The number of amides is 6. The third-order valence-corrected chi connectivity index (χ3v) is 13.4. The number of ether oxygens (including phenoxy) is 6. The molecule has 5 aromatic rings. The number of hydrogen-bond acceptors (Lipinski definition) is 15. The first-order valence-electron chi connectivity index (χ1n) is 26.2. The molecule has 2 heterocycles. The maximum atomic E-state index is 15.0. The van der Waals surface area contributed by atoms with Gasteiger partial charge in [0.15, 0.2) is 5.60 Å². The molecule has 5 aromatic carbocycles. The van der Waals surface area contributed by atoms with Gasteiger partial charge in [-0.25, -0.2) is 4.79 Å². The molecule has 0 aliphatic carbocycles. The summed E-state index contributed by atoms with van der Waals surface area (Å²) in [5.74, 6) is -0.979. The van der Waals surface area contributed by atoms with Crippen LogP contribution in [-0.2, 0) is 39.6 Å². The van der Waals surface area contributed by atoms with Crippen LogP contribution in [0.5, 0.6) is 17.2 Å². The Morgan fingerprint density at radius 3 is 2.04 bits per heavy atom. The Hall–Kier alpha value is -8.07. The van der Waals surface area contributed by atoms with Crippen LogP contribution in [0, 0.1) is 10.1 Å². The molecule has 0 unspecified atom stereocenters. The van der Waals surface area contributed by atoms with Crippen LogP contribution in [0.25, 0.3) is 0 Å². The Morgan fingerprint density at radius 2 is 1.42 bits per heavy atom. The molecule has 7 rings (SSSR count). The lowest BCUT2D eigenvalue weighted by atomic mass is 9.93. The first-order valence-corrected chi connectivity index (χ1v) is 27.0. The average molecular weight is 1210 g/mol. The van der Waals surface area contributed by atoms with Crippen molar-refractivity contribution in [2.24, 2.45) is 4.99 Å². The fraction of sp³-hybridized carbons (Fsp3) is 0.368. The number of anilines is 2. The van der Waals surface area contributed by atoms with Crippen LogP contribution in [0.3, 0.4) is 0 Å². The van der Waals surface area contributed by atoms with E-state index in [1.807, 2.05) is 38.1 Å². The van der Waals surface area contributed by atoms with Crippen LogP contribution < -0.4 is 30.2 Å². The maximum Gasteiger partial charge on any atom is 0.423 e. The van der Waals surface area contributed by atoms with E-state index in [0.29, 0.717) is 50.8 Å². The Bertz CT molecular complexity index is 3170. The lowest BCUT2D eigenvalue weighted by Gasteiger charge is -2.38. The monoisotopic (exact) mass is 1210 g/mol. The number of urea groups is 1. The third kappa shape index (κ3) is 17.3. The van der Waals surface area contributed by atoms with Gasteiger partial charge in [0, 0.05) is 53.2 Å². The Kier molecular flexibility index (Phi) is 21.9. The number of nitro groups is 1. The van der Waals surface area contributed by atoms with Crippen molar-refractivity contribution in [3.63, 3.8) is 0 Å². The zero-order valence-electron chi connectivity index (χ0n) is 46.0. The highest BCUT2D eigenvalue weighted by Gasteiger charge is 2.46. The van der Waals surface area contributed by atoms with Crippen LogP contribution in [-0.4, -0.2) is 158 Å². The van der Waals surface area contributed by atoms with Crippen LogP contribution in [0.4, 0.5) is 35.0 Å². The number of halogens is 5. The van der Waals surface area contributed by atoms with E-state index < -0.39 is 82.0 Å². The Labute approximate surface area is 490 Å². The molecule has 0 aromatic heterocycles. The van der Waals surface area contributed by atoms with Gasteiger partial charge >= 0.3 is 12.2 Å². The number of piperazine rings is 1. The van der Waals surface area contributed by atoms with Crippen molar-refractivity contribution in [3.05, 3.63) is 152 Å². The van der Waals surface area contributed by atoms with Gasteiger partial charge in [0.1, 0.15) is 54.4 Å². The highest BCUT2D eigenvalue weighted by Crippen LogP contribution is 2.46. The summed E-state index contributed by atoms with van der Waals surface area (Å²) in [4.78, 5) is 86.3. The summed E-state index contributed by atoms with van der Waals surface area (Å²) in [5.41, 5.74) is -3.03. The summed E-state index contributed by atoms with van der Waals surface area (Å²) in [5, 5.41) is 30.2. The standard InChI is InChI=1S/C57H61Cl2F3N8O14/c1-35(2)84-47-30-43(79-4)18-19-44(47)53-66-51(36-5-9-38(58)10-6-36)52(37-7-11-39(59)12-8-37)69(53)55(75)68-23-22-67(50(73)32-68)31-48(71)63-21-24-80-25-26-81-27-28-82-33-49(72)64-40-13-16-42(17-14-40)83-34-56(3,76)54(74)65-41-15-20-46(70(77)78)45(29-41)57(60,61)62/h5-20,29-30,35,51-52,76H,21-28,31-34H2,1-4H3,(H,63,71)(H,64,72)(H,65,74)/t51-,52+,56+/m1/s1. The van der Waals surface area contributed by atoms with Gasteiger partial charge in [-0.15, -0.1) is 0 Å². The van der Waals surface area contributed by atoms with Crippen molar-refractivity contribution in [2.45, 2.75) is 50.7 Å². The second kappa shape index (κ2) is 29.0. The molecular formula is C57H61Cl2F3N8O14. The summed E-state index contributed by atoms with van der Waals surface area (Å²) < 4.78 is 73.8. The number of carbonyl (C=O) groups is 5. The summed E-state index contributed by atoms with van der Waals surface area (Å²) in [6.07, 6.45) is -5.32. The molecule has 84 heavy (non-hydrogen) atoms. The van der Waals surface area contributed by atoms with Gasteiger partial charge in [-0.2, -0.15) is 13.2 Å². The van der Waals surface area contributed by atoms with Crippen molar-refractivity contribution in [3.8, 4) is 17.2 Å². The van der Waals surface area contributed by atoms with Crippen molar-refractivity contribution in [2.75, 3.05) is 96.7 Å². The molecule has 2 aliphatic rings. The molecule has 6 amide bonds. The molecule has 1 saturated heterocycles. The zero-order chi connectivity index (χ0) is 60.7. The summed E-state index contributed by atoms with van der Waals surface area (Å²) in [7, 11) is 1.55. The lowest BCUT2D eigenvalue weighted by molar-refractivity contribution is -0.388. The molecule has 448 valence electrons. The van der Waals surface area contributed by atoms with Gasteiger partial charge in [-0.1, -0.05) is 47.5 Å². The summed E-state index contributed by atoms with van der Waals surface area (Å²) >= 11 is 12.7. The van der Waals surface area contributed by atoms with Crippen molar-refractivity contribution in [1.29, 1.82) is 0 Å². The van der Waals surface area contributed by atoms with E-state index in [-0.39, 0.29) is 84.2 Å². The smallest absolute Gasteiger partial charge is 0.423 e. The van der Waals surface area contributed by atoms with Gasteiger partial charge in [-0.05, 0) is 105 Å². The average Bonchev–Trinajstić information content (AvgIpc) is 1.92. The number of amidine groups is 1. The lowest BCUT2D eigenvalue weighted by Crippen LogP contribution is -2.57. The number of hydrogen-bond donors (Lipinski definition) is 4. The number of rotatable bonds is 26. The van der Waals surface area contributed by atoms with Crippen LogP contribution in [0.2, 0.25) is 10.0 Å². The number of aliphatic hydroxyl groups is 1. The number of methoxy groups -OCH3 is 1. The molecule has 22 nitrogen and oxygen atoms in total. The molecule has 27 heteroatoms. The predicted octanol–water partition coefficient (Wildman–Crippen LogP) is 8.10. The van der Waals surface area contributed by atoms with E-state index in [4.69, 9.17) is 56.6 Å². The zero-order valence-corrected chi connectivity index (χ0v) is 47.5. The number of carbonyl (C=O) groups excluding carboxylic acids is 5. The SMILES string of the molecule is COc1ccc(C2=N[C@H](c3ccc(Cl)cc3)[C@H](c3ccc(Cl)cc3)N2C(=O)N2CCN(CC(=O)NCCOCCOCCOCC(=O)Nc3ccc(OC[C@](C)(O)C(=O)Nc4ccc([N+](=O)[O-])c(C(F)(F)F)c4)cc3)C(=O)C2)c(OC(C)C)c1. The van der Waals surface area contributed by atoms with Crippen molar-refractivity contribution >= 4 is 75.8 Å².